The van der Waals surface area contributed by atoms with E-state index in [-0.39, 0.29) is 5.91 Å². The first-order chi connectivity index (χ1) is 8.70. The zero-order chi connectivity index (χ0) is 13.0. The molecule has 0 bridgehead atoms. The number of carbonyl (C=O) groups excluding carboxylic acids is 1. The maximum atomic E-state index is 12.1. The van der Waals surface area contributed by atoms with Crippen LogP contribution in [0.5, 0.6) is 0 Å². The highest BCUT2D eigenvalue weighted by Crippen LogP contribution is 2.08. The highest BCUT2D eigenvalue weighted by atomic mass is 16.2. The Labute approximate surface area is 104 Å². The normalized spacial score (nSPS) is 9.78. The van der Waals surface area contributed by atoms with E-state index in [0.717, 1.165) is 0 Å². The summed E-state index contributed by atoms with van der Waals surface area (Å²) in [7, 11) is 1.67. The largest absolute Gasteiger partial charge is 0.334 e. The van der Waals surface area contributed by atoms with Crippen LogP contribution < -0.4 is 0 Å². The van der Waals surface area contributed by atoms with Gasteiger partial charge in [-0.1, -0.05) is 6.07 Å². The molecule has 0 radical (unpaired) electrons. The van der Waals surface area contributed by atoms with Crippen molar-refractivity contribution in [2.75, 3.05) is 7.05 Å². The third-order valence-electron chi connectivity index (χ3n) is 2.44. The lowest BCUT2D eigenvalue weighted by atomic mass is 10.1. The monoisotopic (exact) mass is 241 g/mol. The molecule has 1 amide bonds. The van der Waals surface area contributed by atoms with Crippen molar-refractivity contribution in [1.29, 1.82) is 5.26 Å². The molecule has 0 saturated heterocycles. The summed E-state index contributed by atoms with van der Waals surface area (Å²) in [4.78, 5) is 17.6. The van der Waals surface area contributed by atoms with Crippen LogP contribution in [0.4, 0.5) is 0 Å². The van der Waals surface area contributed by atoms with Crippen molar-refractivity contribution in [3.63, 3.8) is 0 Å². The highest BCUT2D eigenvalue weighted by molar-refractivity contribution is 5.94. The molecule has 0 aliphatic carbocycles. The highest BCUT2D eigenvalue weighted by Gasteiger charge is 2.13. The number of hydrogen-bond donors (Lipinski definition) is 1. The number of hydrogen-bond acceptors (Lipinski definition) is 4. The SMILES string of the molecule is CN(Cc1ncn[nH]1)C(=O)c1cccc(C#N)c1. The van der Waals surface area contributed by atoms with Crippen LogP contribution in [0.2, 0.25) is 0 Å². The Hall–Kier alpha value is -2.68. The molecule has 90 valence electrons. The van der Waals surface area contributed by atoms with Gasteiger partial charge in [0.15, 0.2) is 0 Å². The lowest BCUT2D eigenvalue weighted by Gasteiger charge is -2.15. The van der Waals surface area contributed by atoms with Crippen LogP contribution in [0.3, 0.4) is 0 Å². The lowest BCUT2D eigenvalue weighted by Crippen LogP contribution is -2.26. The first kappa shape index (κ1) is 11.8. The van der Waals surface area contributed by atoms with Crippen molar-refractivity contribution < 1.29 is 4.79 Å². The average molecular weight is 241 g/mol. The van der Waals surface area contributed by atoms with Crippen LogP contribution in [0.1, 0.15) is 21.7 Å². The number of amides is 1. The van der Waals surface area contributed by atoms with E-state index in [0.29, 0.717) is 23.5 Å². The fraction of sp³-hybridized carbons (Fsp3) is 0.167. The third-order valence-corrected chi connectivity index (χ3v) is 2.44. The molecule has 0 aliphatic heterocycles. The van der Waals surface area contributed by atoms with Crippen LogP contribution in [-0.4, -0.2) is 33.0 Å². The molecule has 0 fully saturated rings. The summed E-state index contributed by atoms with van der Waals surface area (Å²) in [6.07, 6.45) is 1.39. The fourth-order valence-corrected chi connectivity index (χ4v) is 1.55. The van der Waals surface area contributed by atoms with Crippen molar-refractivity contribution in [2.24, 2.45) is 0 Å². The first-order valence-electron chi connectivity index (χ1n) is 5.30. The van der Waals surface area contributed by atoms with Gasteiger partial charge in [-0.15, -0.1) is 0 Å². The van der Waals surface area contributed by atoms with Crippen LogP contribution in [0.25, 0.3) is 0 Å². The predicted octanol–water partition coefficient (Wildman–Crippen LogP) is 0.949. The van der Waals surface area contributed by atoms with Gasteiger partial charge in [0, 0.05) is 12.6 Å². The number of benzene rings is 1. The van der Waals surface area contributed by atoms with Gasteiger partial charge in [0.25, 0.3) is 5.91 Å². The average Bonchev–Trinajstić information content (AvgIpc) is 2.90. The molecule has 0 saturated carbocycles. The molecule has 6 nitrogen and oxygen atoms in total. The number of nitriles is 1. The molecular formula is C12H11N5O. The molecule has 18 heavy (non-hydrogen) atoms. The maximum Gasteiger partial charge on any atom is 0.254 e. The lowest BCUT2D eigenvalue weighted by molar-refractivity contribution is 0.0781. The van der Waals surface area contributed by atoms with Crippen molar-refractivity contribution in [3.05, 3.63) is 47.5 Å². The van der Waals surface area contributed by atoms with E-state index in [2.05, 4.69) is 15.2 Å². The molecule has 0 aliphatic rings. The summed E-state index contributed by atoms with van der Waals surface area (Å²) in [5.41, 5.74) is 0.949. The predicted molar refractivity (Wildman–Crippen MR) is 63.3 cm³/mol. The number of aromatic amines is 1. The molecule has 0 spiro atoms. The van der Waals surface area contributed by atoms with E-state index >= 15 is 0 Å². The Kier molecular flexibility index (Phi) is 3.34. The summed E-state index contributed by atoms with van der Waals surface area (Å²) in [6.45, 7) is 0.343. The van der Waals surface area contributed by atoms with E-state index in [1.165, 1.54) is 11.2 Å². The van der Waals surface area contributed by atoms with E-state index in [4.69, 9.17) is 5.26 Å². The summed E-state index contributed by atoms with van der Waals surface area (Å²) in [5, 5.41) is 15.2. The Balaban J connectivity index is 2.13. The quantitative estimate of drug-likeness (QED) is 0.866. The maximum absolute atomic E-state index is 12.1. The van der Waals surface area contributed by atoms with Gasteiger partial charge in [-0.3, -0.25) is 9.89 Å². The second-order valence-corrected chi connectivity index (χ2v) is 3.79. The Morgan fingerprint density at radius 1 is 1.56 bits per heavy atom. The number of rotatable bonds is 3. The van der Waals surface area contributed by atoms with Gasteiger partial charge >= 0.3 is 0 Å². The Morgan fingerprint density at radius 2 is 2.39 bits per heavy atom. The van der Waals surface area contributed by atoms with Crippen LogP contribution in [0, 0.1) is 11.3 Å². The van der Waals surface area contributed by atoms with Gasteiger partial charge in [0.05, 0.1) is 18.2 Å². The summed E-state index contributed by atoms with van der Waals surface area (Å²) < 4.78 is 0. The standard InChI is InChI=1S/C12H11N5O/c1-17(7-11-14-8-15-16-11)12(18)10-4-2-3-9(5-10)6-13/h2-5,8H,7H2,1H3,(H,14,15,16). The molecule has 1 N–H and O–H groups in total. The van der Waals surface area contributed by atoms with Crippen molar-refractivity contribution in [3.8, 4) is 6.07 Å². The van der Waals surface area contributed by atoms with Crippen LogP contribution in [0.15, 0.2) is 30.6 Å². The minimum atomic E-state index is -0.163. The van der Waals surface area contributed by atoms with E-state index in [1.54, 1.807) is 31.3 Å². The van der Waals surface area contributed by atoms with Gasteiger partial charge in [-0.25, -0.2) is 4.98 Å². The second kappa shape index (κ2) is 5.10. The van der Waals surface area contributed by atoms with Crippen molar-refractivity contribution in [2.45, 2.75) is 6.54 Å². The molecule has 2 aromatic rings. The summed E-state index contributed by atoms with van der Waals surface area (Å²) in [6, 6.07) is 8.61. The van der Waals surface area contributed by atoms with Gasteiger partial charge in [-0.2, -0.15) is 10.4 Å². The smallest absolute Gasteiger partial charge is 0.254 e. The van der Waals surface area contributed by atoms with Gasteiger partial charge in [0.1, 0.15) is 12.2 Å². The Bertz CT molecular complexity index is 585. The van der Waals surface area contributed by atoms with E-state index < -0.39 is 0 Å². The zero-order valence-electron chi connectivity index (χ0n) is 9.79. The molecule has 1 heterocycles. The number of nitrogens with zero attached hydrogens (tertiary/aromatic N) is 4. The van der Waals surface area contributed by atoms with E-state index in [1.807, 2.05) is 6.07 Å². The molecule has 0 unspecified atom stereocenters. The first-order valence-corrected chi connectivity index (χ1v) is 5.30. The molecule has 6 heteroatoms. The molecule has 1 aromatic heterocycles. The molecule has 1 aromatic carbocycles. The molecule has 0 atom stereocenters. The topological polar surface area (TPSA) is 85.7 Å². The number of nitrogens with one attached hydrogen (secondary N) is 1. The third kappa shape index (κ3) is 2.52. The van der Waals surface area contributed by atoms with Gasteiger partial charge in [0.2, 0.25) is 0 Å². The summed E-state index contributed by atoms with van der Waals surface area (Å²) >= 11 is 0. The number of aromatic nitrogens is 3. The van der Waals surface area contributed by atoms with Crippen LogP contribution in [-0.2, 0) is 6.54 Å². The van der Waals surface area contributed by atoms with Crippen LogP contribution >= 0.6 is 0 Å². The van der Waals surface area contributed by atoms with Gasteiger partial charge < -0.3 is 4.90 Å². The molecular weight excluding hydrogens is 230 g/mol. The van der Waals surface area contributed by atoms with E-state index in [9.17, 15) is 4.79 Å². The summed E-state index contributed by atoms with van der Waals surface area (Å²) in [5.74, 6) is 0.450. The zero-order valence-corrected chi connectivity index (χ0v) is 9.79. The number of carbonyl (C=O) groups is 1. The van der Waals surface area contributed by atoms with Crippen molar-refractivity contribution in [1.82, 2.24) is 20.1 Å². The fourth-order valence-electron chi connectivity index (χ4n) is 1.55. The van der Waals surface area contributed by atoms with Gasteiger partial charge in [-0.05, 0) is 18.2 Å². The number of H-pyrrole nitrogens is 1. The minimum absolute atomic E-state index is 0.163. The Morgan fingerprint density at radius 3 is 3.06 bits per heavy atom. The van der Waals surface area contributed by atoms with Crippen molar-refractivity contribution >= 4 is 5.91 Å². The molecule has 2 rings (SSSR count). The second-order valence-electron chi connectivity index (χ2n) is 3.79. The minimum Gasteiger partial charge on any atom is -0.334 e.